The third kappa shape index (κ3) is 19.4. The van der Waals surface area contributed by atoms with Crippen LogP contribution >= 0.6 is 15.9 Å². The van der Waals surface area contributed by atoms with Crippen LogP contribution in [0.15, 0.2) is 61.2 Å². The number of carbonyl (C=O) groups excluding carboxylic acids is 2. The topological polar surface area (TPSA) is 188 Å². The van der Waals surface area contributed by atoms with Crippen molar-refractivity contribution in [3.8, 4) is 22.3 Å². The number of methoxy groups -OCH3 is 2. The van der Waals surface area contributed by atoms with Crippen molar-refractivity contribution in [1.82, 2.24) is 39.5 Å². The molecule has 0 spiro atoms. The molecule has 16 nitrogen and oxygen atoms in total. The van der Waals surface area contributed by atoms with Crippen molar-refractivity contribution in [2.45, 2.75) is 130 Å². The number of carbonyl (C=O) groups is 2. The van der Waals surface area contributed by atoms with Crippen molar-refractivity contribution in [2.24, 2.45) is 0 Å². The number of hydrogen-bond donors (Lipinski definition) is 1. The summed E-state index contributed by atoms with van der Waals surface area (Å²) in [7, 11) is 0.280. The average molecular weight is 1170 g/mol. The third-order valence-electron chi connectivity index (χ3n) is 11.3. The fraction of sp³-hybridized carbons (Fsp3) is 0.462. The zero-order valence-corrected chi connectivity index (χ0v) is 51.4. The second kappa shape index (κ2) is 31.1. The monoisotopic (exact) mass is 1170 g/mol. The molecule has 4 aromatic heterocycles. The number of aromatic nitrogens is 8. The number of alkyl halides is 1. The van der Waals surface area contributed by atoms with Gasteiger partial charge in [0.15, 0.2) is 11.6 Å². The molecule has 2 aromatic carbocycles. The van der Waals surface area contributed by atoms with Crippen LogP contribution in [0.2, 0.25) is 51.4 Å². The largest absolute Gasteiger partial charge is 1.00 e. The molecule has 6 rings (SSSR count). The van der Waals surface area contributed by atoms with E-state index in [1.165, 1.54) is 75.4 Å². The molecule has 1 N–H and O–H groups in total. The van der Waals surface area contributed by atoms with Crippen LogP contribution in [0.3, 0.4) is 0 Å². The van der Waals surface area contributed by atoms with Crippen LogP contribution in [-0.2, 0) is 62.3 Å². The number of benzene rings is 2. The van der Waals surface area contributed by atoms with Crippen molar-refractivity contribution in [1.29, 1.82) is 0 Å². The summed E-state index contributed by atoms with van der Waals surface area (Å²) in [4.78, 5) is 41.3. The molecule has 24 heteroatoms. The number of halogens is 5. The Kier molecular flexibility index (Phi) is 26.9. The van der Waals surface area contributed by atoms with Crippen LogP contribution in [-0.4, -0.2) is 100 Å². The molecule has 4 heterocycles. The standard InChI is InChI=1S/C26H34F2N4O4Si.C17H16BrF2NO2.C9H19N3O2Si.Na.H/c1-17(2)24-23(26(33)34-3)22(18-7-9-19(27)10-8-18)20(25(28)31-24)13-36-14-21-29-15-30-32(21)16-35-11-12-37(4,5)6;1-9(2)15-14(17(22)23-3)13(12(8-18)16(20)21-15)10-4-6-11(19)7-5-10;1-15(2,3)5-4-14-8-12-9(6-13)10-7-11-12;;/h7-10,15,17H,11-14,16H2,1-6H3;4-7,9H,8H2,1-3H3;7,13H,4-6,8H2,1-3H3;;/q;;;+1;-1. The number of rotatable bonds is 22. The fourth-order valence-corrected chi connectivity index (χ4v) is 9.15. The molecular formula is C52H70BrF4N8NaO8Si2. The van der Waals surface area contributed by atoms with E-state index in [4.69, 9.17) is 28.8 Å². The van der Waals surface area contributed by atoms with Crippen LogP contribution in [0.1, 0.15) is 95.8 Å². The van der Waals surface area contributed by atoms with Gasteiger partial charge in [-0.2, -0.15) is 19.0 Å². The van der Waals surface area contributed by atoms with Crippen molar-refractivity contribution < 1.29 is 86.9 Å². The third-order valence-corrected chi connectivity index (χ3v) is 15.2. The average Bonchev–Trinajstić information content (AvgIpc) is 4.03. The van der Waals surface area contributed by atoms with Gasteiger partial charge in [-0.1, -0.05) is 107 Å². The number of pyridine rings is 2. The molecule has 0 unspecified atom stereocenters. The van der Waals surface area contributed by atoms with E-state index in [0.29, 0.717) is 47.4 Å². The van der Waals surface area contributed by atoms with E-state index in [2.05, 4.69) is 85.3 Å². The summed E-state index contributed by atoms with van der Waals surface area (Å²) in [6, 6.07) is 13.2. The Morgan fingerprint density at radius 2 is 1.03 bits per heavy atom. The van der Waals surface area contributed by atoms with Crippen molar-refractivity contribution in [2.75, 3.05) is 27.4 Å². The van der Waals surface area contributed by atoms with Gasteiger partial charge in [-0.15, -0.1) is 0 Å². The van der Waals surface area contributed by atoms with E-state index in [1.807, 2.05) is 13.8 Å². The van der Waals surface area contributed by atoms with Crippen molar-refractivity contribution in [3.05, 3.63) is 130 Å². The normalized spacial score (nSPS) is 11.4. The Bertz CT molecular complexity index is 2800. The SMILES string of the molecule is COC(=O)c1c(C(C)C)nc(F)c(CBr)c1-c1ccc(F)cc1.COC(=O)c1c(C(C)C)nc(F)c(COCc2ncnn2COCC[Si](C)(C)C)c1-c1ccc(F)cc1.C[Si](C)(C)CCOCn1ncnc1CO.[H-].[Na+]. The minimum absolute atomic E-state index is 0. The number of ether oxygens (including phenoxy) is 5. The van der Waals surface area contributed by atoms with E-state index < -0.39 is 51.6 Å². The first-order valence-electron chi connectivity index (χ1n) is 24.2. The number of esters is 2. The van der Waals surface area contributed by atoms with Crippen LogP contribution in [0.4, 0.5) is 17.6 Å². The summed E-state index contributed by atoms with van der Waals surface area (Å²) in [5.74, 6) is -2.93. The number of nitrogens with zero attached hydrogens (tertiary/aromatic N) is 8. The van der Waals surface area contributed by atoms with Crippen LogP contribution in [0.5, 0.6) is 0 Å². The molecule has 0 aliphatic rings. The van der Waals surface area contributed by atoms with E-state index in [1.54, 1.807) is 23.2 Å². The Labute approximate surface area is 476 Å². The Morgan fingerprint density at radius 1 is 0.632 bits per heavy atom. The van der Waals surface area contributed by atoms with Crippen LogP contribution in [0, 0.1) is 23.5 Å². The van der Waals surface area contributed by atoms with Gasteiger partial charge in [-0.3, -0.25) is 0 Å². The van der Waals surface area contributed by atoms with Gasteiger partial charge in [0.1, 0.15) is 51.0 Å². The minimum atomic E-state index is -1.21. The Morgan fingerprint density at radius 3 is 1.41 bits per heavy atom. The zero-order valence-electron chi connectivity index (χ0n) is 46.8. The van der Waals surface area contributed by atoms with Gasteiger partial charge in [0, 0.05) is 56.9 Å². The van der Waals surface area contributed by atoms with Crippen molar-refractivity contribution in [3.63, 3.8) is 0 Å². The molecular weight excluding hydrogens is 1100 g/mol. The van der Waals surface area contributed by atoms with Gasteiger partial charge in [0.25, 0.3) is 0 Å². The summed E-state index contributed by atoms with van der Waals surface area (Å²) < 4.78 is 86.7. The van der Waals surface area contributed by atoms with Gasteiger partial charge in [0.05, 0.1) is 43.3 Å². The second-order valence-corrected chi connectivity index (χ2v) is 32.0. The van der Waals surface area contributed by atoms with Crippen LogP contribution < -0.4 is 29.6 Å². The molecule has 6 aromatic rings. The first-order chi connectivity index (χ1) is 35.4. The van der Waals surface area contributed by atoms with E-state index in [0.717, 1.165) is 18.7 Å². The molecule has 76 heavy (non-hydrogen) atoms. The van der Waals surface area contributed by atoms with Gasteiger partial charge >= 0.3 is 41.5 Å². The summed E-state index contributed by atoms with van der Waals surface area (Å²) >= 11 is 3.23. The molecule has 0 fully saturated rings. The Balaban J connectivity index is 0.000000432. The summed E-state index contributed by atoms with van der Waals surface area (Å²) in [6.45, 7) is 22.7. The smallest absolute Gasteiger partial charge is 1.00 e. The molecule has 0 aliphatic heterocycles. The van der Waals surface area contributed by atoms with E-state index in [-0.39, 0.29) is 108 Å². The van der Waals surface area contributed by atoms with E-state index >= 15 is 4.39 Å². The predicted molar refractivity (Wildman–Crippen MR) is 286 cm³/mol. The van der Waals surface area contributed by atoms with Crippen molar-refractivity contribution >= 4 is 44.0 Å². The Hall–Kier alpha value is -4.57. The molecule has 0 atom stereocenters. The van der Waals surface area contributed by atoms with E-state index in [9.17, 15) is 22.8 Å². The molecule has 0 amide bonds. The molecule has 410 valence electrons. The molecule has 0 radical (unpaired) electrons. The summed E-state index contributed by atoms with van der Waals surface area (Å²) in [6.07, 6.45) is 2.83. The predicted octanol–water partition coefficient (Wildman–Crippen LogP) is 8.59. The first-order valence-corrected chi connectivity index (χ1v) is 32.7. The molecule has 0 bridgehead atoms. The maximum atomic E-state index is 15.4. The molecule has 0 saturated carbocycles. The number of aliphatic hydroxyl groups is 1. The summed E-state index contributed by atoms with van der Waals surface area (Å²) in [5, 5.41) is 17.2. The molecule has 0 aliphatic carbocycles. The number of aliphatic hydroxyl groups excluding tert-OH is 1. The van der Waals surface area contributed by atoms with Gasteiger partial charge in [-0.25, -0.2) is 47.7 Å². The van der Waals surface area contributed by atoms with Gasteiger partial charge < -0.3 is 30.2 Å². The minimum Gasteiger partial charge on any atom is -1.00 e. The van der Waals surface area contributed by atoms with Gasteiger partial charge in [0.2, 0.25) is 11.9 Å². The zero-order chi connectivity index (χ0) is 55.6. The second-order valence-electron chi connectivity index (χ2n) is 20.2. The first kappa shape index (κ1) is 65.7. The number of hydrogen-bond acceptors (Lipinski definition) is 14. The fourth-order valence-electron chi connectivity index (χ4n) is 7.13. The molecule has 0 saturated heterocycles. The van der Waals surface area contributed by atoms with Gasteiger partial charge in [-0.05, 0) is 59.3 Å². The quantitative estimate of drug-likeness (QED) is 0.0170. The summed E-state index contributed by atoms with van der Waals surface area (Å²) in [5.41, 5.74) is 2.83. The van der Waals surface area contributed by atoms with Crippen LogP contribution in [0.25, 0.3) is 22.3 Å². The maximum Gasteiger partial charge on any atom is 1.00 e. The maximum absolute atomic E-state index is 15.4.